The topological polar surface area (TPSA) is 96.3 Å². The maximum absolute atomic E-state index is 11.3. The number of nitrogens with two attached hydrogens (primary N) is 1. The van der Waals surface area contributed by atoms with Gasteiger partial charge < -0.3 is 15.6 Å². The van der Waals surface area contributed by atoms with E-state index in [1.54, 1.807) is 37.3 Å². The molecular weight excluding hydrogens is 244 g/mol. The molecule has 0 saturated heterocycles. The third kappa shape index (κ3) is 3.89. The highest BCUT2D eigenvalue weighted by atomic mass is 16.5. The number of nitrogen functional groups attached to an aromatic ring is 1. The molecule has 19 heavy (non-hydrogen) atoms. The van der Waals surface area contributed by atoms with Gasteiger partial charge in [-0.2, -0.15) is 5.26 Å². The van der Waals surface area contributed by atoms with Crippen LogP contribution in [0, 0.1) is 11.3 Å². The molecule has 0 radical (unpaired) electrons. The molecule has 1 aromatic carbocycles. The van der Waals surface area contributed by atoms with Gasteiger partial charge in [-0.25, -0.2) is 4.79 Å². The molecule has 0 heterocycles. The second-order valence-electron chi connectivity index (χ2n) is 3.55. The molecular formula is C14H14N2O3. The van der Waals surface area contributed by atoms with Crippen LogP contribution in [-0.4, -0.2) is 17.7 Å². The van der Waals surface area contributed by atoms with Crippen molar-refractivity contribution in [1.82, 2.24) is 0 Å². The van der Waals surface area contributed by atoms with Crippen LogP contribution in [0.15, 0.2) is 42.0 Å². The van der Waals surface area contributed by atoms with Crippen molar-refractivity contribution in [2.24, 2.45) is 0 Å². The van der Waals surface area contributed by atoms with Gasteiger partial charge in [0, 0.05) is 11.3 Å². The number of para-hydroxylation sites is 1. The summed E-state index contributed by atoms with van der Waals surface area (Å²) in [5, 5.41) is 18.6. The molecule has 0 atom stereocenters. The van der Waals surface area contributed by atoms with E-state index in [-0.39, 0.29) is 17.9 Å². The fraction of sp³-hybridized carbons (Fsp3) is 0.143. The molecule has 0 unspecified atom stereocenters. The van der Waals surface area contributed by atoms with Gasteiger partial charge in [0.25, 0.3) is 0 Å². The third-order valence-electron chi connectivity index (χ3n) is 2.26. The minimum Gasteiger partial charge on any atom is -0.507 e. The molecule has 0 bridgehead atoms. The Balaban J connectivity index is 2.99. The van der Waals surface area contributed by atoms with Gasteiger partial charge in [-0.05, 0) is 31.2 Å². The summed E-state index contributed by atoms with van der Waals surface area (Å²) >= 11 is 0. The normalized spacial score (nSPS) is 11.8. The lowest BCUT2D eigenvalue weighted by Gasteiger charge is -2.03. The molecule has 1 aromatic rings. The zero-order valence-electron chi connectivity index (χ0n) is 10.5. The van der Waals surface area contributed by atoms with Crippen molar-refractivity contribution in [3.05, 3.63) is 47.6 Å². The molecule has 0 spiro atoms. The minimum atomic E-state index is -0.727. The number of hydrogen-bond acceptors (Lipinski definition) is 5. The summed E-state index contributed by atoms with van der Waals surface area (Å²) in [5.74, 6) is -0.856. The molecule has 0 aliphatic rings. The number of nitriles is 1. The van der Waals surface area contributed by atoms with Gasteiger partial charge in [-0.1, -0.05) is 12.1 Å². The monoisotopic (exact) mass is 258 g/mol. The molecule has 1 rings (SSSR count). The molecule has 0 aliphatic carbocycles. The van der Waals surface area contributed by atoms with Crippen LogP contribution in [0.4, 0.5) is 5.69 Å². The Hall–Kier alpha value is -2.74. The number of nitrogens with zero attached hydrogens (tertiary/aromatic N) is 1. The largest absolute Gasteiger partial charge is 0.507 e. The Kier molecular flexibility index (Phi) is 5.17. The van der Waals surface area contributed by atoms with Gasteiger partial charge >= 0.3 is 5.97 Å². The summed E-state index contributed by atoms with van der Waals surface area (Å²) < 4.78 is 4.69. The number of esters is 1. The van der Waals surface area contributed by atoms with Gasteiger partial charge in [0.1, 0.15) is 17.4 Å². The highest BCUT2D eigenvalue weighted by molar-refractivity contribution is 5.93. The van der Waals surface area contributed by atoms with Crippen LogP contribution >= 0.6 is 0 Å². The van der Waals surface area contributed by atoms with Crippen LogP contribution in [0.3, 0.4) is 0 Å². The summed E-state index contributed by atoms with van der Waals surface area (Å²) in [4.78, 5) is 11.3. The van der Waals surface area contributed by atoms with E-state index in [1.807, 2.05) is 0 Å². The number of carbonyl (C=O) groups is 1. The average Bonchev–Trinajstić information content (AvgIpc) is 2.40. The average molecular weight is 258 g/mol. The van der Waals surface area contributed by atoms with E-state index < -0.39 is 5.97 Å². The third-order valence-corrected chi connectivity index (χ3v) is 2.26. The van der Waals surface area contributed by atoms with E-state index in [1.165, 1.54) is 12.2 Å². The van der Waals surface area contributed by atoms with Gasteiger partial charge in [0.15, 0.2) is 0 Å². The lowest BCUT2D eigenvalue weighted by atomic mass is 10.1. The van der Waals surface area contributed by atoms with Crippen molar-refractivity contribution in [3.8, 4) is 6.07 Å². The summed E-state index contributed by atoms with van der Waals surface area (Å²) in [7, 11) is 0. The second kappa shape index (κ2) is 6.87. The molecule has 0 saturated carbocycles. The number of carbonyl (C=O) groups excluding carboxylic acids is 1. The number of allylic oxidation sites excluding steroid dienone is 2. The first-order chi connectivity index (χ1) is 9.10. The molecule has 0 aromatic heterocycles. The lowest BCUT2D eigenvalue weighted by molar-refractivity contribution is -0.138. The van der Waals surface area contributed by atoms with Crippen molar-refractivity contribution in [3.63, 3.8) is 0 Å². The van der Waals surface area contributed by atoms with Crippen molar-refractivity contribution < 1.29 is 14.6 Å². The zero-order valence-corrected chi connectivity index (χ0v) is 10.5. The number of anilines is 1. The summed E-state index contributed by atoms with van der Waals surface area (Å²) in [6.45, 7) is 1.82. The predicted octanol–water partition coefficient (Wildman–Crippen LogP) is 2.18. The second-order valence-corrected chi connectivity index (χ2v) is 3.55. The first-order valence-corrected chi connectivity index (χ1v) is 5.63. The number of aliphatic hydroxyl groups is 1. The van der Waals surface area contributed by atoms with Gasteiger partial charge in [-0.15, -0.1) is 0 Å². The Labute approximate surface area is 111 Å². The fourth-order valence-electron chi connectivity index (χ4n) is 1.34. The van der Waals surface area contributed by atoms with Crippen LogP contribution in [0.1, 0.15) is 12.5 Å². The number of hydrogen-bond donors (Lipinski definition) is 2. The minimum absolute atomic E-state index is 0.129. The number of aliphatic hydroxyl groups excluding tert-OH is 1. The van der Waals surface area contributed by atoms with E-state index in [2.05, 4.69) is 0 Å². The van der Waals surface area contributed by atoms with E-state index in [0.29, 0.717) is 11.3 Å². The zero-order chi connectivity index (χ0) is 14.3. The summed E-state index contributed by atoms with van der Waals surface area (Å²) in [5.41, 5.74) is 6.33. The Morgan fingerprint density at radius 1 is 1.47 bits per heavy atom. The van der Waals surface area contributed by atoms with Gasteiger partial charge in [0.2, 0.25) is 0 Å². The number of benzene rings is 1. The predicted molar refractivity (Wildman–Crippen MR) is 71.8 cm³/mol. The first-order valence-electron chi connectivity index (χ1n) is 5.63. The number of ether oxygens (including phenoxy) is 1. The van der Waals surface area contributed by atoms with E-state index in [0.717, 1.165) is 0 Å². The molecule has 5 nitrogen and oxygen atoms in total. The van der Waals surface area contributed by atoms with E-state index in [9.17, 15) is 9.90 Å². The number of rotatable bonds is 4. The van der Waals surface area contributed by atoms with Crippen LogP contribution < -0.4 is 5.73 Å². The maximum atomic E-state index is 11.3. The highest BCUT2D eigenvalue weighted by Crippen LogP contribution is 2.18. The van der Waals surface area contributed by atoms with Crippen LogP contribution in [0.25, 0.3) is 5.76 Å². The summed E-state index contributed by atoms with van der Waals surface area (Å²) in [6.07, 6.45) is 2.43. The molecule has 0 aliphatic heterocycles. The van der Waals surface area contributed by atoms with Crippen molar-refractivity contribution in [2.75, 3.05) is 12.3 Å². The highest BCUT2D eigenvalue weighted by Gasteiger charge is 2.09. The maximum Gasteiger partial charge on any atom is 0.348 e. The standard InChI is InChI=1S/C14H14N2O3/c1-2-19-14(18)10(9-15)7-8-13(17)11-5-3-4-6-12(11)16/h3-8,17H,2,16H2,1H3/b10-7-,13-8-. The van der Waals surface area contributed by atoms with Crippen LogP contribution in [0.2, 0.25) is 0 Å². The Morgan fingerprint density at radius 3 is 2.74 bits per heavy atom. The SMILES string of the molecule is CCOC(=O)/C(C#N)=C\C=C(/O)c1ccccc1N. The van der Waals surface area contributed by atoms with Crippen molar-refractivity contribution in [2.45, 2.75) is 6.92 Å². The molecule has 0 amide bonds. The van der Waals surface area contributed by atoms with Crippen molar-refractivity contribution in [1.29, 1.82) is 5.26 Å². The van der Waals surface area contributed by atoms with E-state index >= 15 is 0 Å². The van der Waals surface area contributed by atoms with Crippen LogP contribution in [-0.2, 0) is 9.53 Å². The fourth-order valence-corrected chi connectivity index (χ4v) is 1.34. The smallest absolute Gasteiger partial charge is 0.348 e. The van der Waals surface area contributed by atoms with Gasteiger partial charge in [-0.3, -0.25) is 0 Å². The lowest BCUT2D eigenvalue weighted by Crippen LogP contribution is -2.05. The molecule has 3 N–H and O–H groups in total. The van der Waals surface area contributed by atoms with E-state index in [4.69, 9.17) is 15.7 Å². The Morgan fingerprint density at radius 2 is 2.16 bits per heavy atom. The van der Waals surface area contributed by atoms with Crippen molar-refractivity contribution >= 4 is 17.4 Å². The van der Waals surface area contributed by atoms with Gasteiger partial charge in [0.05, 0.1) is 6.61 Å². The first kappa shape index (κ1) is 14.3. The molecule has 0 fully saturated rings. The summed E-state index contributed by atoms with van der Waals surface area (Å²) in [6, 6.07) is 8.43. The molecule has 98 valence electrons. The Bertz CT molecular complexity index is 568. The quantitative estimate of drug-likeness (QED) is 0.215. The molecule has 5 heteroatoms. The van der Waals surface area contributed by atoms with Crippen LogP contribution in [0.5, 0.6) is 0 Å².